The Morgan fingerprint density at radius 3 is 2.20 bits per heavy atom. The van der Waals surface area contributed by atoms with E-state index in [4.69, 9.17) is 19.2 Å². The molecule has 0 radical (unpaired) electrons. The van der Waals surface area contributed by atoms with Crippen LogP contribution in [0.25, 0.3) is 0 Å². The number of nitrogens with one attached hydrogen (secondary N) is 1. The third-order valence-electron chi connectivity index (χ3n) is 6.57. The lowest BCUT2D eigenvalue weighted by molar-refractivity contribution is -0.155. The van der Waals surface area contributed by atoms with E-state index in [9.17, 15) is 4.79 Å². The maximum atomic E-state index is 12.1. The van der Waals surface area contributed by atoms with Gasteiger partial charge in [-0.3, -0.25) is 4.79 Å². The Bertz CT molecular complexity index is 564. The first kappa shape index (κ1) is 27.4. The standard InChI is InChI=1S/C22H42BNO4.CH4O/c1-16(14-18(25)26-19(2,3)4)10-11-17(24-9)23-27-21(7)13-12-20(5,6)15-22(21,8)28-23;1-2/h16-17,24H,10-15H2,1-9H3;2H,1H3. The minimum atomic E-state index is -0.426. The zero-order valence-electron chi connectivity index (χ0n) is 21.1. The van der Waals surface area contributed by atoms with E-state index >= 15 is 0 Å². The monoisotopic (exact) mass is 427 g/mol. The lowest BCUT2D eigenvalue weighted by atomic mass is 9.63. The van der Waals surface area contributed by atoms with E-state index in [2.05, 4.69) is 39.9 Å². The van der Waals surface area contributed by atoms with Gasteiger partial charge < -0.3 is 24.5 Å². The molecule has 2 aliphatic rings. The van der Waals surface area contributed by atoms with Gasteiger partial charge >= 0.3 is 13.1 Å². The molecule has 0 aromatic carbocycles. The van der Waals surface area contributed by atoms with Crippen LogP contribution in [0.2, 0.25) is 0 Å². The van der Waals surface area contributed by atoms with Crippen LogP contribution in [0.3, 0.4) is 0 Å². The van der Waals surface area contributed by atoms with Gasteiger partial charge in [-0.25, -0.2) is 0 Å². The summed E-state index contributed by atoms with van der Waals surface area (Å²) in [6.07, 6.45) is 5.47. The van der Waals surface area contributed by atoms with Crippen molar-refractivity contribution in [1.82, 2.24) is 5.32 Å². The molecule has 2 N–H and O–H groups in total. The summed E-state index contributed by atoms with van der Waals surface area (Å²) in [5.41, 5.74) is -0.630. The van der Waals surface area contributed by atoms with E-state index in [0.29, 0.717) is 6.42 Å². The van der Waals surface area contributed by atoms with Crippen LogP contribution in [0.1, 0.15) is 93.9 Å². The van der Waals surface area contributed by atoms with Gasteiger partial charge in [-0.05, 0) is 85.1 Å². The molecule has 4 unspecified atom stereocenters. The average Bonchev–Trinajstić information content (AvgIpc) is 2.85. The number of hydrogen-bond donors (Lipinski definition) is 2. The molecule has 6 nitrogen and oxygen atoms in total. The quantitative estimate of drug-likeness (QED) is 0.470. The van der Waals surface area contributed by atoms with Gasteiger partial charge in [0.15, 0.2) is 0 Å². The molecule has 0 aromatic heterocycles. The Morgan fingerprint density at radius 2 is 1.67 bits per heavy atom. The lowest BCUT2D eigenvalue weighted by Crippen LogP contribution is -2.53. The van der Waals surface area contributed by atoms with E-state index in [-0.39, 0.29) is 41.6 Å². The number of hydrogen-bond acceptors (Lipinski definition) is 6. The molecule has 2 fully saturated rings. The summed E-state index contributed by atoms with van der Waals surface area (Å²) < 4.78 is 18.5. The Hall–Kier alpha value is -0.625. The van der Waals surface area contributed by atoms with Crippen LogP contribution < -0.4 is 5.32 Å². The summed E-state index contributed by atoms with van der Waals surface area (Å²) in [6.45, 7) is 16.9. The second-order valence-corrected chi connectivity index (χ2v) is 11.3. The van der Waals surface area contributed by atoms with Gasteiger partial charge in [0.25, 0.3) is 0 Å². The molecular formula is C23H46BNO5. The zero-order valence-corrected chi connectivity index (χ0v) is 21.1. The van der Waals surface area contributed by atoms with Crippen molar-refractivity contribution in [3.8, 4) is 0 Å². The van der Waals surface area contributed by atoms with E-state index < -0.39 is 5.60 Å². The van der Waals surface area contributed by atoms with Crippen LogP contribution in [0, 0.1) is 11.3 Å². The highest BCUT2D eigenvalue weighted by Gasteiger charge is 2.61. The van der Waals surface area contributed by atoms with Gasteiger partial charge in [0, 0.05) is 19.5 Å². The van der Waals surface area contributed by atoms with Crippen molar-refractivity contribution in [2.75, 3.05) is 14.2 Å². The number of ether oxygens (including phenoxy) is 1. The Kier molecular flexibility index (Phi) is 9.44. The van der Waals surface area contributed by atoms with E-state index in [0.717, 1.165) is 39.2 Å². The summed E-state index contributed by atoms with van der Waals surface area (Å²) in [5.74, 6) is 0.255. The summed E-state index contributed by atoms with van der Waals surface area (Å²) in [7, 11) is 2.72. The first-order valence-electron chi connectivity index (χ1n) is 11.4. The minimum absolute atomic E-state index is 0.114. The molecule has 30 heavy (non-hydrogen) atoms. The predicted molar refractivity (Wildman–Crippen MR) is 122 cm³/mol. The molecule has 1 saturated heterocycles. The fraction of sp³-hybridized carbons (Fsp3) is 0.957. The first-order chi connectivity index (χ1) is 13.7. The minimum Gasteiger partial charge on any atom is -0.460 e. The number of rotatable bonds is 7. The van der Waals surface area contributed by atoms with Crippen LogP contribution in [0.4, 0.5) is 0 Å². The Labute approximate surface area is 185 Å². The molecular weight excluding hydrogens is 381 g/mol. The molecule has 0 spiro atoms. The molecule has 4 atom stereocenters. The fourth-order valence-electron chi connectivity index (χ4n) is 4.73. The fourth-order valence-corrected chi connectivity index (χ4v) is 4.73. The van der Waals surface area contributed by atoms with Crippen molar-refractivity contribution in [2.24, 2.45) is 11.3 Å². The highest BCUT2D eigenvalue weighted by Crippen LogP contribution is 2.53. The van der Waals surface area contributed by atoms with Gasteiger partial charge in [0.05, 0.1) is 11.2 Å². The molecule has 1 aliphatic carbocycles. The van der Waals surface area contributed by atoms with Gasteiger partial charge in [0.1, 0.15) is 5.60 Å². The number of aliphatic hydroxyl groups excluding tert-OH is 1. The molecule has 7 heteroatoms. The smallest absolute Gasteiger partial charge is 0.460 e. The van der Waals surface area contributed by atoms with Gasteiger partial charge in [0.2, 0.25) is 0 Å². The van der Waals surface area contributed by atoms with Gasteiger partial charge in [-0.15, -0.1) is 0 Å². The number of esters is 1. The molecule has 0 aromatic rings. The van der Waals surface area contributed by atoms with Crippen LogP contribution in [-0.4, -0.2) is 55.1 Å². The van der Waals surface area contributed by atoms with Crippen molar-refractivity contribution in [3.63, 3.8) is 0 Å². The molecule has 0 bridgehead atoms. The highest BCUT2D eigenvalue weighted by atomic mass is 16.7. The molecule has 2 rings (SSSR count). The van der Waals surface area contributed by atoms with Crippen molar-refractivity contribution in [1.29, 1.82) is 0 Å². The highest BCUT2D eigenvalue weighted by molar-refractivity contribution is 6.47. The predicted octanol–water partition coefficient (Wildman–Crippen LogP) is 4.13. The Morgan fingerprint density at radius 1 is 1.10 bits per heavy atom. The van der Waals surface area contributed by atoms with Gasteiger partial charge in [-0.2, -0.15) is 0 Å². The second-order valence-electron chi connectivity index (χ2n) is 11.3. The Balaban J connectivity index is 0.00000218. The summed E-state index contributed by atoms with van der Waals surface area (Å²) in [6, 6.07) is 0. The summed E-state index contributed by atoms with van der Waals surface area (Å²) in [5, 5.41) is 10.4. The van der Waals surface area contributed by atoms with Crippen LogP contribution in [0.5, 0.6) is 0 Å². The van der Waals surface area contributed by atoms with Crippen molar-refractivity contribution >= 4 is 13.1 Å². The van der Waals surface area contributed by atoms with E-state index in [1.54, 1.807) is 0 Å². The third-order valence-corrected chi connectivity index (χ3v) is 6.57. The SMILES string of the molecule is CNC(CCC(C)CC(=O)OC(C)(C)C)B1OC2(C)CCC(C)(C)CC2(C)O1.CO. The largest absolute Gasteiger partial charge is 0.476 e. The maximum absolute atomic E-state index is 12.1. The molecule has 176 valence electrons. The number of aliphatic hydroxyl groups is 1. The molecule has 0 amide bonds. The van der Waals surface area contributed by atoms with Crippen LogP contribution >= 0.6 is 0 Å². The van der Waals surface area contributed by atoms with Crippen LogP contribution in [-0.2, 0) is 18.8 Å². The zero-order chi connectivity index (χ0) is 23.4. The number of carbonyl (C=O) groups is 1. The van der Waals surface area contributed by atoms with E-state index in [1.165, 1.54) is 0 Å². The van der Waals surface area contributed by atoms with Crippen molar-refractivity contribution < 1.29 is 23.9 Å². The topological polar surface area (TPSA) is 77.0 Å². The number of carbonyl (C=O) groups excluding carboxylic acids is 1. The normalized spacial score (nSPS) is 30.0. The van der Waals surface area contributed by atoms with Crippen molar-refractivity contribution in [2.45, 2.75) is 117 Å². The van der Waals surface area contributed by atoms with E-state index in [1.807, 2.05) is 27.8 Å². The van der Waals surface area contributed by atoms with Crippen LogP contribution in [0.15, 0.2) is 0 Å². The number of fused-ring (bicyclic) bond motifs is 1. The first-order valence-corrected chi connectivity index (χ1v) is 11.4. The maximum Gasteiger partial charge on any atom is 0.476 e. The van der Waals surface area contributed by atoms with Crippen molar-refractivity contribution in [3.05, 3.63) is 0 Å². The molecule has 1 saturated carbocycles. The summed E-state index contributed by atoms with van der Waals surface area (Å²) in [4.78, 5) is 12.1. The third kappa shape index (κ3) is 7.21. The molecule has 1 heterocycles. The lowest BCUT2D eigenvalue weighted by Gasteiger charge is -2.49. The average molecular weight is 427 g/mol. The summed E-state index contributed by atoms with van der Waals surface area (Å²) >= 11 is 0. The van der Waals surface area contributed by atoms with Gasteiger partial charge in [-0.1, -0.05) is 20.8 Å². The second kappa shape index (κ2) is 10.3. The molecule has 1 aliphatic heterocycles.